The first-order chi connectivity index (χ1) is 15.1. The molecule has 2 amide bonds. The van der Waals surface area contributed by atoms with Gasteiger partial charge >= 0.3 is 0 Å². The van der Waals surface area contributed by atoms with E-state index in [-0.39, 0.29) is 24.5 Å². The average Bonchev–Trinajstić information content (AvgIpc) is 3.45. The van der Waals surface area contributed by atoms with Gasteiger partial charge in [-0.05, 0) is 43.0 Å². The highest BCUT2D eigenvalue weighted by molar-refractivity contribution is 7.13. The number of rotatable bonds is 7. The second kappa shape index (κ2) is 9.85. The molecule has 1 unspecified atom stereocenters. The van der Waals surface area contributed by atoms with Crippen molar-refractivity contribution in [2.45, 2.75) is 25.9 Å². The van der Waals surface area contributed by atoms with Crippen molar-refractivity contribution in [3.63, 3.8) is 0 Å². The molecule has 1 aliphatic rings. The Balaban J connectivity index is 1.48. The normalized spacial score (nSPS) is 15.6. The average molecular weight is 436 g/mol. The zero-order valence-corrected chi connectivity index (χ0v) is 18.2. The molecule has 0 spiro atoms. The van der Waals surface area contributed by atoms with E-state index in [1.807, 2.05) is 66.9 Å². The summed E-state index contributed by atoms with van der Waals surface area (Å²) >= 11 is 1.37. The summed E-state index contributed by atoms with van der Waals surface area (Å²) < 4.78 is 5.71. The minimum absolute atomic E-state index is 0.0394. The van der Waals surface area contributed by atoms with Gasteiger partial charge in [-0.15, -0.1) is 11.3 Å². The van der Waals surface area contributed by atoms with Crippen LogP contribution in [0.3, 0.4) is 0 Å². The monoisotopic (exact) mass is 435 g/mol. The van der Waals surface area contributed by atoms with E-state index in [0.29, 0.717) is 23.8 Å². The number of thiazole rings is 1. The molecule has 2 aromatic carbocycles. The summed E-state index contributed by atoms with van der Waals surface area (Å²) in [5.74, 6) is -0.442. The molecular formula is C24H25N3O3S. The zero-order chi connectivity index (χ0) is 21.6. The second-order valence-corrected chi connectivity index (χ2v) is 8.46. The molecular weight excluding hydrogens is 410 g/mol. The number of amides is 2. The van der Waals surface area contributed by atoms with Gasteiger partial charge in [-0.1, -0.05) is 42.5 Å². The van der Waals surface area contributed by atoms with Gasteiger partial charge in [0.1, 0.15) is 6.54 Å². The van der Waals surface area contributed by atoms with Crippen molar-refractivity contribution >= 4 is 28.3 Å². The minimum atomic E-state index is -0.262. The minimum Gasteiger partial charge on any atom is -0.376 e. The molecule has 3 aromatic rings. The number of benzene rings is 2. The van der Waals surface area contributed by atoms with Crippen LogP contribution in [0.1, 0.15) is 28.9 Å². The Kier molecular flexibility index (Phi) is 6.74. The van der Waals surface area contributed by atoms with E-state index < -0.39 is 0 Å². The maximum Gasteiger partial charge on any atom is 0.254 e. The lowest BCUT2D eigenvalue weighted by Crippen LogP contribution is -2.42. The molecule has 2 heterocycles. The lowest BCUT2D eigenvalue weighted by Gasteiger charge is -2.25. The van der Waals surface area contributed by atoms with Crippen LogP contribution in [-0.4, -0.2) is 47.5 Å². The van der Waals surface area contributed by atoms with E-state index in [2.05, 4.69) is 10.3 Å². The smallest absolute Gasteiger partial charge is 0.254 e. The van der Waals surface area contributed by atoms with Crippen molar-refractivity contribution in [3.8, 4) is 11.1 Å². The highest BCUT2D eigenvalue weighted by atomic mass is 32.1. The lowest BCUT2D eigenvalue weighted by atomic mass is 10.0. The van der Waals surface area contributed by atoms with Gasteiger partial charge in [-0.3, -0.25) is 9.59 Å². The molecule has 160 valence electrons. The number of nitrogens with one attached hydrogen (secondary N) is 1. The van der Waals surface area contributed by atoms with Crippen LogP contribution in [0.15, 0.2) is 60.0 Å². The summed E-state index contributed by atoms with van der Waals surface area (Å²) in [5, 5.41) is 5.20. The number of ether oxygens (including phenoxy) is 1. The van der Waals surface area contributed by atoms with Gasteiger partial charge < -0.3 is 15.0 Å². The predicted molar refractivity (Wildman–Crippen MR) is 122 cm³/mol. The molecule has 1 atom stereocenters. The van der Waals surface area contributed by atoms with E-state index in [1.54, 1.807) is 4.90 Å². The highest BCUT2D eigenvalue weighted by Crippen LogP contribution is 2.21. The number of hydrogen-bond acceptors (Lipinski definition) is 5. The first kappa shape index (κ1) is 21.2. The van der Waals surface area contributed by atoms with Crippen LogP contribution < -0.4 is 5.32 Å². The number of carbonyl (C=O) groups is 2. The number of aryl methyl sites for hydroxylation is 1. The quantitative estimate of drug-likeness (QED) is 0.598. The van der Waals surface area contributed by atoms with Crippen LogP contribution in [0.2, 0.25) is 0 Å². The van der Waals surface area contributed by atoms with Crippen LogP contribution in [0, 0.1) is 6.92 Å². The molecule has 0 aliphatic carbocycles. The molecule has 7 heteroatoms. The van der Waals surface area contributed by atoms with E-state index in [9.17, 15) is 9.59 Å². The maximum atomic E-state index is 13.2. The third-order valence-electron chi connectivity index (χ3n) is 5.17. The number of hydrogen-bond donors (Lipinski definition) is 1. The van der Waals surface area contributed by atoms with Crippen LogP contribution in [0.4, 0.5) is 5.13 Å². The van der Waals surface area contributed by atoms with Crippen molar-refractivity contribution in [2.24, 2.45) is 0 Å². The number of anilines is 1. The van der Waals surface area contributed by atoms with E-state index in [0.717, 1.165) is 29.7 Å². The van der Waals surface area contributed by atoms with Crippen molar-refractivity contribution in [3.05, 3.63) is 71.2 Å². The van der Waals surface area contributed by atoms with E-state index >= 15 is 0 Å². The van der Waals surface area contributed by atoms with Gasteiger partial charge in [0.05, 0.1) is 11.8 Å². The molecule has 1 saturated heterocycles. The fourth-order valence-corrected chi connectivity index (χ4v) is 4.32. The SMILES string of the molecule is Cc1csc(NC(=O)CN(CC2CCCO2)C(=O)c2ccc(-c3ccccc3)cc2)n1. The third kappa shape index (κ3) is 5.57. The molecule has 0 radical (unpaired) electrons. The zero-order valence-electron chi connectivity index (χ0n) is 17.4. The van der Waals surface area contributed by atoms with Crippen molar-refractivity contribution < 1.29 is 14.3 Å². The van der Waals surface area contributed by atoms with Gasteiger partial charge in [0, 0.05) is 24.1 Å². The van der Waals surface area contributed by atoms with Gasteiger partial charge in [-0.2, -0.15) is 0 Å². The van der Waals surface area contributed by atoms with E-state index in [4.69, 9.17) is 4.74 Å². The predicted octanol–water partition coefficient (Wildman–Crippen LogP) is 4.38. The standard InChI is InChI=1S/C24H25N3O3S/c1-17-16-31-24(25-17)26-22(28)15-27(14-21-8-5-13-30-21)23(29)20-11-9-19(10-12-20)18-6-3-2-4-7-18/h2-4,6-7,9-12,16,21H,5,8,13-15H2,1H3,(H,25,26,28). The number of aromatic nitrogens is 1. The van der Waals surface area contributed by atoms with Crippen molar-refractivity contribution in [1.29, 1.82) is 0 Å². The summed E-state index contributed by atoms with van der Waals surface area (Å²) in [6.45, 7) is 2.92. The van der Waals surface area contributed by atoms with Crippen molar-refractivity contribution in [2.75, 3.05) is 25.0 Å². The first-order valence-corrected chi connectivity index (χ1v) is 11.2. The Labute approximate surface area is 185 Å². The van der Waals surface area contributed by atoms with Gasteiger partial charge in [-0.25, -0.2) is 4.98 Å². The molecule has 0 saturated carbocycles. The van der Waals surface area contributed by atoms with Crippen molar-refractivity contribution in [1.82, 2.24) is 9.88 Å². The molecule has 1 N–H and O–H groups in total. The summed E-state index contributed by atoms with van der Waals surface area (Å²) in [6, 6.07) is 17.5. The summed E-state index contributed by atoms with van der Waals surface area (Å²) in [7, 11) is 0. The molecule has 0 bridgehead atoms. The third-order valence-corrected chi connectivity index (χ3v) is 6.05. The Morgan fingerprint density at radius 3 is 2.52 bits per heavy atom. The van der Waals surface area contributed by atoms with Crippen LogP contribution >= 0.6 is 11.3 Å². The van der Waals surface area contributed by atoms with Crippen LogP contribution in [0.25, 0.3) is 11.1 Å². The fraction of sp³-hybridized carbons (Fsp3) is 0.292. The summed E-state index contributed by atoms with van der Waals surface area (Å²) in [4.78, 5) is 31.7. The van der Waals surface area contributed by atoms with Crippen LogP contribution in [-0.2, 0) is 9.53 Å². The molecule has 6 nitrogen and oxygen atoms in total. The fourth-order valence-electron chi connectivity index (χ4n) is 3.62. The lowest BCUT2D eigenvalue weighted by molar-refractivity contribution is -0.117. The Morgan fingerprint density at radius 1 is 1.13 bits per heavy atom. The molecule has 1 fully saturated rings. The Bertz CT molecular complexity index is 1030. The molecule has 1 aromatic heterocycles. The van der Waals surface area contributed by atoms with Gasteiger partial charge in [0.25, 0.3) is 5.91 Å². The van der Waals surface area contributed by atoms with Crippen LogP contribution in [0.5, 0.6) is 0 Å². The summed E-state index contributed by atoms with van der Waals surface area (Å²) in [5.41, 5.74) is 3.54. The highest BCUT2D eigenvalue weighted by Gasteiger charge is 2.25. The molecule has 31 heavy (non-hydrogen) atoms. The topological polar surface area (TPSA) is 71.5 Å². The number of nitrogens with zero attached hydrogens (tertiary/aromatic N) is 2. The first-order valence-electron chi connectivity index (χ1n) is 10.4. The number of carbonyl (C=O) groups excluding carboxylic acids is 2. The van der Waals surface area contributed by atoms with Gasteiger partial charge in [0.15, 0.2) is 5.13 Å². The Morgan fingerprint density at radius 2 is 1.87 bits per heavy atom. The van der Waals surface area contributed by atoms with E-state index in [1.165, 1.54) is 11.3 Å². The maximum absolute atomic E-state index is 13.2. The second-order valence-electron chi connectivity index (χ2n) is 7.61. The Hall–Kier alpha value is -3.03. The summed E-state index contributed by atoms with van der Waals surface area (Å²) in [6.07, 6.45) is 1.83. The molecule has 1 aliphatic heterocycles. The van der Waals surface area contributed by atoms with Gasteiger partial charge in [0.2, 0.25) is 5.91 Å². The largest absolute Gasteiger partial charge is 0.376 e. The molecule has 4 rings (SSSR count).